The number of nitrogens with one attached hydrogen (secondary N) is 1. The smallest absolute Gasteiger partial charge is 0.408 e. The lowest BCUT2D eigenvalue weighted by atomic mass is 10.3. The van der Waals surface area contributed by atoms with Crippen molar-refractivity contribution in [1.82, 2.24) is 9.97 Å². The van der Waals surface area contributed by atoms with Crippen molar-refractivity contribution in [2.75, 3.05) is 25.1 Å². The molecule has 0 aliphatic carbocycles. The number of carbonyl (C=O) groups is 2. The number of aliphatic hydroxyl groups is 1. The Kier molecular flexibility index (Phi) is 12.1. The SMILES string of the molecule is NC(=NCC(F)(F)F)Nc1ccnc(OCCCCO)n1.O=C(O)/C=C\C(=O)O. The lowest BCUT2D eigenvalue weighted by Crippen LogP contribution is -2.26. The first-order chi connectivity index (χ1) is 13.5. The van der Waals surface area contributed by atoms with E-state index < -0.39 is 30.6 Å². The average Bonchev–Trinajstić information content (AvgIpc) is 2.62. The van der Waals surface area contributed by atoms with Crippen LogP contribution in [0.1, 0.15) is 12.8 Å². The first-order valence-electron chi connectivity index (χ1n) is 7.88. The third-order valence-electron chi connectivity index (χ3n) is 2.47. The van der Waals surface area contributed by atoms with Gasteiger partial charge in [-0.25, -0.2) is 19.6 Å². The van der Waals surface area contributed by atoms with Gasteiger partial charge in [0.15, 0.2) is 5.96 Å². The third-order valence-corrected chi connectivity index (χ3v) is 2.47. The zero-order valence-electron chi connectivity index (χ0n) is 15.0. The van der Waals surface area contributed by atoms with Crippen LogP contribution in [0, 0.1) is 0 Å². The van der Waals surface area contributed by atoms with E-state index in [0.29, 0.717) is 31.6 Å². The van der Waals surface area contributed by atoms with E-state index in [1.807, 2.05) is 0 Å². The van der Waals surface area contributed by atoms with Gasteiger partial charge in [-0.3, -0.25) is 0 Å². The zero-order chi connectivity index (χ0) is 22.3. The number of unbranched alkanes of at least 4 members (excludes halogenated alkanes) is 1. The molecule has 0 saturated carbocycles. The van der Waals surface area contributed by atoms with Gasteiger partial charge in [0.05, 0.1) is 6.61 Å². The van der Waals surface area contributed by atoms with E-state index in [2.05, 4.69) is 20.3 Å². The van der Waals surface area contributed by atoms with Crippen molar-refractivity contribution in [3.05, 3.63) is 24.4 Å². The number of alkyl halides is 3. The number of aromatic nitrogens is 2. The zero-order valence-corrected chi connectivity index (χ0v) is 15.0. The van der Waals surface area contributed by atoms with Crippen molar-refractivity contribution in [3.63, 3.8) is 0 Å². The van der Waals surface area contributed by atoms with Crippen LogP contribution in [0.15, 0.2) is 29.4 Å². The maximum atomic E-state index is 12.0. The van der Waals surface area contributed by atoms with Crippen molar-refractivity contribution in [1.29, 1.82) is 0 Å². The van der Waals surface area contributed by atoms with Gasteiger partial charge in [-0.15, -0.1) is 0 Å². The molecule has 1 heterocycles. The first-order valence-corrected chi connectivity index (χ1v) is 7.88. The molecule has 0 spiro atoms. The summed E-state index contributed by atoms with van der Waals surface area (Å²) in [6.07, 6.45) is -0.709. The fourth-order valence-corrected chi connectivity index (χ4v) is 1.35. The van der Waals surface area contributed by atoms with Gasteiger partial charge in [-0.1, -0.05) is 0 Å². The maximum absolute atomic E-state index is 12.0. The first kappa shape index (κ1) is 25.6. The van der Waals surface area contributed by atoms with Crippen molar-refractivity contribution < 1.29 is 42.8 Å². The summed E-state index contributed by atoms with van der Waals surface area (Å²) in [5.41, 5.74) is 5.31. The van der Waals surface area contributed by atoms with E-state index in [1.165, 1.54) is 12.3 Å². The van der Waals surface area contributed by atoms with Crippen LogP contribution in [0.4, 0.5) is 19.0 Å². The number of ether oxygens (including phenoxy) is 1. The Morgan fingerprint density at radius 1 is 1.24 bits per heavy atom. The number of aliphatic imine (C=N–C) groups is 1. The molecule has 0 atom stereocenters. The largest absolute Gasteiger partial charge is 0.478 e. The highest BCUT2D eigenvalue weighted by molar-refractivity contribution is 5.91. The highest BCUT2D eigenvalue weighted by Gasteiger charge is 2.26. The van der Waals surface area contributed by atoms with Crippen LogP contribution < -0.4 is 15.8 Å². The summed E-state index contributed by atoms with van der Waals surface area (Å²) >= 11 is 0. The molecule has 162 valence electrons. The molecule has 0 unspecified atom stereocenters. The Morgan fingerprint density at radius 3 is 2.38 bits per heavy atom. The normalized spacial score (nSPS) is 11.5. The van der Waals surface area contributed by atoms with Gasteiger partial charge in [-0.05, 0) is 18.9 Å². The van der Waals surface area contributed by atoms with Gasteiger partial charge in [0.25, 0.3) is 0 Å². The molecule has 0 aliphatic rings. The minimum Gasteiger partial charge on any atom is -0.478 e. The van der Waals surface area contributed by atoms with Gasteiger partial charge < -0.3 is 31.1 Å². The summed E-state index contributed by atoms with van der Waals surface area (Å²) in [5, 5.41) is 26.6. The second-order valence-electron chi connectivity index (χ2n) is 4.96. The summed E-state index contributed by atoms with van der Waals surface area (Å²) in [4.78, 5) is 30.0. The van der Waals surface area contributed by atoms with Gasteiger partial charge in [0.2, 0.25) is 0 Å². The molecular weight excluding hydrogens is 403 g/mol. The topological polar surface area (TPSA) is 180 Å². The van der Waals surface area contributed by atoms with Crippen LogP contribution >= 0.6 is 0 Å². The number of nitrogens with zero attached hydrogens (tertiary/aromatic N) is 3. The summed E-state index contributed by atoms with van der Waals surface area (Å²) in [6.45, 7) is -0.985. The number of anilines is 1. The van der Waals surface area contributed by atoms with Crippen molar-refractivity contribution in [2.45, 2.75) is 19.0 Å². The Bertz CT molecular complexity index is 696. The molecule has 0 saturated heterocycles. The highest BCUT2D eigenvalue weighted by Crippen LogP contribution is 2.14. The molecule has 1 rings (SSSR count). The molecule has 0 amide bonds. The molecule has 29 heavy (non-hydrogen) atoms. The number of nitrogens with two attached hydrogens (primary N) is 1. The van der Waals surface area contributed by atoms with Crippen LogP contribution in [-0.4, -0.2) is 69.1 Å². The van der Waals surface area contributed by atoms with Gasteiger partial charge in [0, 0.05) is 25.0 Å². The van der Waals surface area contributed by atoms with Gasteiger partial charge in [-0.2, -0.15) is 18.2 Å². The summed E-state index contributed by atoms with van der Waals surface area (Å²) in [5.74, 6) is -2.75. The summed E-state index contributed by atoms with van der Waals surface area (Å²) in [7, 11) is 0. The van der Waals surface area contributed by atoms with Crippen LogP contribution in [-0.2, 0) is 9.59 Å². The number of aliphatic carboxylic acids is 2. The van der Waals surface area contributed by atoms with Crippen molar-refractivity contribution in [2.24, 2.45) is 10.7 Å². The average molecular weight is 423 g/mol. The Hall–Kier alpha value is -3.42. The number of carboxylic acid groups (broad SMARTS) is 2. The van der Waals surface area contributed by atoms with Crippen molar-refractivity contribution >= 4 is 23.7 Å². The quantitative estimate of drug-likeness (QED) is 0.164. The Labute approximate surface area is 162 Å². The van der Waals surface area contributed by atoms with E-state index in [-0.39, 0.29) is 18.4 Å². The number of carboxylic acids is 2. The molecule has 1 aromatic rings. The number of hydrogen-bond donors (Lipinski definition) is 5. The fraction of sp³-hybridized carbons (Fsp3) is 0.400. The van der Waals surface area contributed by atoms with E-state index in [9.17, 15) is 22.8 Å². The molecule has 11 nitrogen and oxygen atoms in total. The number of hydrogen-bond acceptors (Lipinski definition) is 7. The maximum Gasteiger partial charge on any atom is 0.408 e. The monoisotopic (exact) mass is 423 g/mol. The summed E-state index contributed by atoms with van der Waals surface area (Å²) < 4.78 is 41.1. The number of aliphatic hydroxyl groups excluding tert-OH is 1. The lowest BCUT2D eigenvalue weighted by Gasteiger charge is -2.08. The molecule has 1 aromatic heterocycles. The molecule has 0 radical (unpaired) electrons. The van der Waals surface area contributed by atoms with Crippen molar-refractivity contribution in [3.8, 4) is 6.01 Å². The number of guanidine groups is 1. The third kappa shape index (κ3) is 16.5. The molecule has 6 N–H and O–H groups in total. The predicted octanol–water partition coefficient (Wildman–Crippen LogP) is 0.629. The standard InChI is InChI=1S/C11H16F3N5O2.C4H4O4/c12-11(13,14)7-17-9(15)18-8-3-4-16-10(19-8)21-6-2-1-5-20;5-3(6)1-2-4(7)8/h3-4,20H,1-2,5-7H2,(H3,15,16,17,18,19);1-2H,(H,5,6)(H,7,8)/b;2-1-. The Morgan fingerprint density at radius 2 is 1.86 bits per heavy atom. The van der Waals surface area contributed by atoms with Crippen LogP contribution in [0.2, 0.25) is 0 Å². The van der Waals surface area contributed by atoms with E-state index in [1.54, 1.807) is 0 Å². The minimum atomic E-state index is -4.42. The van der Waals surface area contributed by atoms with Crippen LogP contribution in [0.5, 0.6) is 6.01 Å². The van der Waals surface area contributed by atoms with E-state index in [0.717, 1.165) is 0 Å². The molecular formula is C15H20F3N5O6. The van der Waals surface area contributed by atoms with E-state index in [4.69, 9.17) is 25.8 Å². The van der Waals surface area contributed by atoms with Gasteiger partial charge >= 0.3 is 24.1 Å². The molecule has 0 fully saturated rings. The minimum absolute atomic E-state index is 0.0570. The number of halogens is 3. The fourth-order valence-electron chi connectivity index (χ4n) is 1.35. The number of rotatable bonds is 9. The second-order valence-corrected chi connectivity index (χ2v) is 4.96. The molecule has 0 aromatic carbocycles. The molecule has 0 bridgehead atoms. The Balaban J connectivity index is 0.000000828. The summed E-state index contributed by atoms with van der Waals surface area (Å²) in [6, 6.07) is 1.47. The lowest BCUT2D eigenvalue weighted by molar-refractivity contribution is -0.134. The van der Waals surface area contributed by atoms with Gasteiger partial charge in [0.1, 0.15) is 12.4 Å². The van der Waals surface area contributed by atoms with E-state index >= 15 is 0 Å². The second kappa shape index (κ2) is 13.7. The predicted molar refractivity (Wildman–Crippen MR) is 94.4 cm³/mol. The molecule has 14 heteroatoms. The van der Waals surface area contributed by atoms with Crippen LogP contribution in [0.3, 0.4) is 0 Å². The highest BCUT2D eigenvalue weighted by atomic mass is 19.4. The van der Waals surface area contributed by atoms with Crippen LogP contribution in [0.25, 0.3) is 0 Å². The molecule has 0 aliphatic heterocycles.